The summed E-state index contributed by atoms with van der Waals surface area (Å²) in [6.07, 6.45) is 0.711. The number of hydrogen-bond acceptors (Lipinski definition) is 3. The number of nitrogens with zero attached hydrogens (tertiary/aromatic N) is 2. The maximum atomic E-state index is 11.8. The van der Waals surface area contributed by atoms with Crippen molar-refractivity contribution in [3.8, 4) is 0 Å². The van der Waals surface area contributed by atoms with Crippen LogP contribution in [-0.4, -0.2) is 36.2 Å². The molecule has 1 aromatic rings. The number of piperazine rings is 1. The van der Waals surface area contributed by atoms with Gasteiger partial charge in [0.05, 0.1) is 17.4 Å². The van der Waals surface area contributed by atoms with E-state index in [9.17, 15) is 4.79 Å². The third kappa shape index (κ3) is 0.874. The van der Waals surface area contributed by atoms with Crippen molar-refractivity contribution in [1.82, 2.24) is 10.2 Å². The van der Waals surface area contributed by atoms with Gasteiger partial charge in [0, 0.05) is 13.1 Å². The zero-order valence-electron chi connectivity index (χ0n) is 8.18. The Hall–Kier alpha value is -1.55. The molecule has 0 bridgehead atoms. The van der Waals surface area contributed by atoms with E-state index >= 15 is 0 Å². The van der Waals surface area contributed by atoms with Crippen LogP contribution in [0, 0.1) is 0 Å². The Kier molecular flexibility index (Phi) is 1.20. The second kappa shape index (κ2) is 2.33. The monoisotopic (exact) mass is 201 g/mol. The lowest BCUT2D eigenvalue weighted by Crippen LogP contribution is -2.53. The lowest BCUT2D eigenvalue weighted by atomic mass is 10.1. The fourth-order valence-electron chi connectivity index (χ4n) is 2.70. The van der Waals surface area contributed by atoms with Crippen molar-refractivity contribution >= 4 is 11.6 Å². The molecule has 0 radical (unpaired) electrons. The highest BCUT2D eigenvalue weighted by molar-refractivity contribution is 6.02. The molecule has 2 fully saturated rings. The molecule has 1 N–H and O–H groups in total. The Bertz CT molecular complexity index is 459. The molecule has 0 aromatic heterocycles. The second-order valence-corrected chi connectivity index (χ2v) is 4.35. The first kappa shape index (κ1) is 7.70. The summed E-state index contributed by atoms with van der Waals surface area (Å²) in [5.74, 6) is 0.0642. The average Bonchev–Trinajstić information content (AvgIpc) is 2.90. The first-order chi connectivity index (χ1) is 7.34. The van der Waals surface area contributed by atoms with Crippen molar-refractivity contribution < 1.29 is 4.79 Å². The number of rotatable bonds is 0. The molecule has 4 nitrogen and oxygen atoms in total. The van der Waals surface area contributed by atoms with Crippen molar-refractivity contribution in [3.63, 3.8) is 0 Å². The van der Waals surface area contributed by atoms with Gasteiger partial charge in [-0.3, -0.25) is 9.69 Å². The van der Waals surface area contributed by atoms with E-state index in [0.717, 1.165) is 24.3 Å². The van der Waals surface area contributed by atoms with Gasteiger partial charge in [0.2, 0.25) is 0 Å². The molecule has 3 aliphatic rings. The summed E-state index contributed by atoms with van der Waals surface area (Å²) >= 11 is 0. The fraction of sp³-hybridized carbons (Fsp3) is 0.364. The lowest BCUT2D eigenvalue weighted by molar-refractivity contribution is 0.0930. The first-order valence-electron chi connectivity index (χ1n) is 5.27. The number of hydrogen-bond donors (Lipinski definition) is 1. The van der Waals surface area contributed by atoms with Gasteiger partial charge in [0.1, 0.15) is 6.17 Å². The van der Waals surface area contributed by atoms with E-state index in [4.69, 9.17) is 0 Å². The highest BCUT2D eigenvalue weighted by Gasteiger charge is 2.52. The van der Waals surface area contributed by atoms with Crippen LogP contribution in [0.3, 0.4) is 0 Å². The highest BCUT2D eigenvalue weighted by atomic mass is 16.2. The van der Waals surface area contributed by atoms with Gasteiger partial charge < -0.3 is 10.2 Å². The lowest BCUT2D eigenvalue weighted by Gasteiger charge is -2.34. The molecule has 2 saturated heterocycles. The van der Waals surface area contributed by atoms with Gasteiger partial charge in [0.15, 0.2) is 0 Å². The average molecular weight is 201 g/mol. The summed E-state index contributed by atoms with van der Waals surface area (Å²) < 4.78 is 0. The van der Waals surface area contributed by atoms with E-state index in [0.29, 0.717) is 6.17 Å². The Morgan fingerprint density at radius 1 is 1.27 bits per heavy atom. The third-order valence-electron chi connectivity index (χ3n) is 3.47. The van der Waals surface area contributed by atoms with Gasteiger partial charge in [-0.15, -0.1) is 0 Å². The van der Waals surface area contributed by atoms with Crippen LogP contribution < -0.4 is 10.2 Å². The molecular weight excluding hydrogens is 190 g/mol. The number of amides is 1. The minimum absolute atomic E-state index is 0.0642. The predicted octanol–water partition coefficient (Wildman–Crippen LogP) is 0.218. The van der Waals surface area contributed by atoms with Crippen LogP contribution in [0.25, 0.3) is 0 Å². The molecule has 3 unspecified atom stereocenters. The van der Waals surface area contributed by atoms with Crippen molar-refractivity contribution in [3.05, 3.63) is 29.8 Å². The molecule has 3 aliphatic heterocycles. The van der Waals surface area contributed by atoms with E-state index < -0.39 is 0 Å². The zero-order chi connectivity index (χ0) is 9.99. The largest absolute Gasteiger partial charge is 0.332 e. The van der Waals surface area contributed by atoms with Gasteiger partial charge in [-0.2, -0.15) is 0 Å². The molecule has 0 aliphatic carbocycles. The molecule has 4 heteroatoms. The van der Waals surface area contributed by atoms with Crippen LogP contribution in [-0.2, 0) is 0 Å². The van der Waals surface area contributed by atoms with Crippen LogP contribution in [0.5, 0.6) is 0 Å². The summed E-state index contributed by atoms with van der Waals surface area (Å²) in [6.45, 7) is 2.10. The Balaban J connectivity index is 1.90. The molecule has 1 amide bonds. The smallest absolute Gasteiger partial charge is 0.255 e. The van der Waals surface area contributed by atoms with Crippen molar-refractivity contribution in [1.29, 1.82) is 0 Å². The van der Waals surface area contributed by atoms with Crippen LogP contribution in [0.2, 0.25) is 0 Å². The van der Waals surface area contributed by atoms with E-state index in [1.807, 2.05) is 24.3 Å². The number of para-hydroxylation sites is 1. The normalized spacial score (nSPS) is 35.3. The maximum Gasteiger partial charge on any atom is 0.255 e. The number of fused-ring (bicyclic) bond motifs is 5. The standard InChI is InChI=1S/C11H11N3O/c15-11-7-3-1-2-4-8(7)14-9(12-11)5-13-6-10(13)14/h1-4,9-10H,5-6H2,(H,12,15). The summed E-state index contributed by atoms with van der Waals surface area (Å²) in [5.41, 5.74) is 1.90. The van der Waals surface area contributed by atoms with Crippen molar-refractivity contribution in [2.24, 2.45) is 0 Å². The molecule has 1 aromatic carbocycles. The van der Waals surface area contributed by atoms with Crippen LogP contribution >= 0.6 is 0 Å². The molecule has 0 saturated carbocycles. The SMILES string of the molecule is O=C1NC2CN3CC3N2c2ccccc21. The van der Waals surface area contributed by atoms with E-state index in [2.05, 4.69) is 15.1 Å². The van der Waals surface area contributed by atoms with Crippen LogP contribution in [0.4, 0.5) is 5.69 Å². The molecule has 4 rings (SSSR count). The first-order valence-corrected chi connectivity index (χ1v) is 5.27. The summed E-state index contributed by atoms with van der Waals surface area (Å²) in [6, 6.07) is 7.85. The van der Waals surface area contributed by atoms with Gasteiger partial charge in [-0.05, 0) is 12.1 Å². The van der Waals surface area contributed by atoms with Crippen LogP contribution in [0.15, 0.2) is 24.3 Å². The minimum atomic E-state index is 0.0642. The number of carbonyl (C=O) groups is 1. The minimum Gasteiger partial charge on any atom is -0.332 e. The molecule has 3 heterocycles. The second-order valence-electron chi connectivity index (χ2n) is 4.35. The van der Waals surface area contributed by atoms with E-state index in [1.165, 1.54) is 0 Å². The zero-order valence-corrected chi connectivity index (χ0v) is 8.18. The quantitative estimate of drug-likeness (QED) is 0.610. The van der Waals surface area contributed by atoms with Crippen LogP contribution in [0.1, 0.15) is 10.4 Å². The number of benzene rings is 1. The topological polar surface area (TPSA) is 35.4 Å². The Morgan fingerprint density at radius 2 is 2.13 bits per heavy atom. The molecule has 0 spiro atoms. The van der Waals surface area contributed by atoms with Gasteiger partial charge in [-0.1, -0.05) is 12.1 Å². The third-order valence-corrected chi connectivity index (χ3v) is 3.47. The molecule has 3 atom stereocenters. The highest BCUT2D eigenvalue weighted by Crippen LogP contribution is 2.39. The van der Waals surface area contributed by atoms with E-state index in [-0.39, 0.29) is 12.1 Å². The van der Waals surface area contributed by atoms with Crippen molar-refractivity contribution in [2.45, 2.75) is 12.3 Å². The van der Waals surface area contributed by atoms with E-state index in [1.54, 1.807) is 0 Å². The maximum absolute atomic E-state index is 11.8. The summed E-state index contributed by atoms with van der Waals surface area (Å²) in [5, 5.41) is 3.04. The number of carbonyl (C=O) groups excluding carboxylic acids is 1. The summed E-state index contributed by atoms with van der Waals surface area (Å²) in [4.78, 5) is 16.5. The molecule has 15 heavy (non-hydrogen) atoms. The Labute approximate surface area is 87.5 Å². The number of anilines is 1. The van der Waals surface area contributed by atoms with Crippen molar-refractivity contribution in [2.75, 3.05) is 18.0 Å². The van der Waals surface area contributed by atoms with Gasteiger partial charge in [0.25, 0.3) is 5.91 Å². The van der Waals surface area contributed by atoms with Gasteiger partial charge >= 0.3 is 0 Å². The predicted molar refractivity (Wildman–Crippen MR) is 55.5 cm³/mol. The molecular formula is C11H11N3O. The van der Waals surface area contributed by atoms with Gasteiger partial charge in [-0.25, -0.2) is 0 Å². The Morgan fingerprint density at radius 3 is 3.07 bits per heavy atom. The summed E-state index contributed by atoms with van der Waals surface area (Å²) in [7, 11) is 0. The fourth-order valence-corrected chi connectivity index (χ4v) is 2.70. The number of nitrogens with one attached hydrogen (secondary N) is 1. The molecule has 76 valence electrons.